The van der Waals surface area contributed by atoms with Gasteiger partial charge in [-0.15, -0.1) is 0 Å². The van der Waals surface area contributed by atoms with Gasteiger partial charge in [0.25, 0.3) is 0 Å². The summed E-state index contributed by atoms with van der Waals surface area (Å²) in [6.07, 6.45) is 0. The van der Waals surface area contributed by atoms with E-state index in [1.807, 2.05) is 19.1 Å². The number of benzene rings is 1. The number of carboxylic acid groups (broad SMARTS) is 1. The van der Waals surface area contributed by atoms with Crippen LogP contribution in [-0.4, -0.2) is 41.0 Å². The smallest absolute Gasteiger partial charge is 0.321 e. The Balaban J connectivity index is 2.68. The summed E-state index contributed by atoms with van der Waals surface area (Å²) in [4.78, 5) is 35.1. The Bertz CT molecular complexity index is 544. The van der Waals surface area contributed by atoms with Crippen LogP contribution in [0.1, 0.15) is 22.8 Å². The molecule has 0 heterocycles. The van der Waals surface area contributed by atoms with Gasteiger partial charge in [-0.3, -0.25) is 19.7 Å². The molecule has 0 amide bonds. The van der Waals surface area contributed by atoms with Gasteiger partial charge in [0, 0.05) is 11.3 Å². The number of aliphatic carboxylic acids is 1. The van der Waals surface area contributed by atoms with Gasteiger partial charge in [0.05, 0.1) is 12.5 Å². The van der Waals surface area contributed by atoms with Crippen molar-refractivity contribution in [3.05, 3.63) is 35.4 Å². The molecule has 0 saturated carbocycles. The Kier molecular flexibility index (Phi) is 6.58. The molecule has 0 aliphatic rings. The summed E-state index contributed by atoms with van der Waals surface area (Å²) in [7, 11) is 0. The normalized spacial score (nSPS) is 13.5. The fourth-order valence-electron chi connectivity index (χ4n) is 1.84. The molecule has 1 aromatic carbocycles. The first kappa shape index (κ1) is 17.4. The van der Waals surface area contributed by atoms with Crippen molar-refractivity contribution in [1.29, 1.82) is 0 Å². The lowest BCUT2D eigenvalue weighted by molar-refractivity contribution is -0.138. The van der Waals surface area contributed by atoms with Crippen LogP contribution in [0.3, 0.4) is 0 Å². The predicted molar refractivity (Wildman–Crippen MR) is 83.0 cm³/mol. The molecule has 21 heavy (non-hydrogen) atoms. The van der Waals surface area contributed by atoms with Crippen molar-refractivity contribution in [2.24, 2.45) is 5.92 Å². The summed E-state index contributed by atoms with van der Waals surface area (Å²) >= 11 is 3.90. The molecular weight excluding hydrogens is 290 g/mol. The van der Waals surface area contributed by atoms with E-state index < -0.39 is 17.9 Å². The van der Waals surface area contributed by atoms with Crippen LogP contribution in [0.5, 0.6) is 0 Å². The monoisotopic (exact) mass is 309 g/mol. The molecule has 5 nitrogen and oxygen atoms in total. The van der Waals surface area contributed by atoms with Crippen LogP contribution in [0.15, 0.2) is 24.3 Å². The lowest BCUT2D eigenvalue weighted by atomic mass is 9.93. The van der Waals surface area contributed by atoms with Crippen molar-refractivity contribution in [2.45, 2.75) is 19.9 Å². The number of carbonyl (C=O) groups excluding carboxylic acids is 2. The van der Waals surface area contributed by atoms with E-state index in [9.17, 15) is 14.4 Å². The van der Waals surface area contributed by atoms with Crippen molar-refractivity contribution in [1.82, 2.24) is 5.32 Å². The number of aryl methyl sites for hydroxylation is 1. The number of hydrogen-bond acceptors (Lipinski definition) is 5. The first-order chi connectivity index (χ1) is 9.88. The maximum Gasteiger partial charge on any atom is 0.321 e. The number of nitrogens with one attached hydrogen (secondary N) is 1. The molecule has 0 aliphatic carbocycles. The summed E-state index contributed by atoms with van der Waals surface area (Å²) in [5, 5.41) is 11.5. The molecule has 0 aliphatic heterocycles. The van der Waals surface area contributed by atoms with E-state index in [0.717, 1.165) is 5.56 Å². The minimum atomic E-state index is -1.07. The van der Waals surface area contributed by atoms with Gasteiger partial charge in [-0.2, -0.15) is 12.6 Å². The molecular formula is C15H19NO4S. The number of Topliss-reactive ketones (excluding diaryl/α,β-unsaturated/α-hetero) is 2. The van der Waals surface area contributed by atoms with Crippen molar-refractivity contribution >= 4 is 30.2 Å². The van der Waals surface area contributed by atoms with Crippen LogP contribution in [0.25, 0.3) is 0 Å². The number of carboxylic acids is 1. The van der Waals surface area contributed by atoms with Crippen LogP contribution < -0.4 is 5.32 Å². The van der Waals surface area contributed by atoms with Crippen molar-refractivity contribution in [2.75, 3.05) is 12.3 Å². The average molecular weight is 309 g/mol. The fraction of sp³-hybridized carbons (Fsp3) is 0.400. The molecule has 1 aromatic rings. The molecule has 1 rings (SSSR count). The highest BCUT2D eigenvalue weighted by Gasteiger charge is 2.25. The van der Waals surface area contributed by atoms with E-state index in [1.54, 1.807) is 12.1 Å². The Hall–Kier alpha value is -1.66. The van der Waals surface area contributed by atoms with E-state index in [1.165, 1.54) is 6.92 Å². The van der Waals surface area contributed by atoms with E-state index >= 15 is 0 Å². The van der Waals surface area contributed by atoms with E-state index in [-0.39, 0.29) is 23.9 Å². The average Bonchev–Trinajstić information content (AvgIpc) is 2.46. The molecule has 114 valence electrons. The van der Waals surface area contributed by atoms with Crippen LogP contribution in [-0.2, 0) is 9.59 Å². The van der Waals surface area contributed by atoms with Crippen molar-refractivity contribution in [3.8, 4) is 0 Å². The SMILES string of the molecule is Cc1ccccc1C(=O)C(C)C(=O)CNC(CS)C(=O)O. The lowest BCUT2D eigenvalue weighted by Crippen LogP contribution is -2.43. The van der Waals surface area contributed by atoms with Gasteiger partial charge < -0.3 is 5.11 Å². The topological polar surface area (TPSA) is 83.5 Å². The molecule has 2 unspecified atom stereocenters. The van der Waals surface area contributed by atoms with Gasteiger partial charge in [0.15, 0.2) is 11.6 Å². The Morgan fingerprint density at radius 1 is 1.29 bits per heavy atom. The van der Waals surface area contributed by atoms with Crippen molar-refractivity contribution in [3.63, 3.8) is 0 Å². The third-order valence-corrected chi connectivity index (χ3v) is 3.66. The highest BCUT2D eigenvalue weighted by Crippen LogP contribution is 2.14. The summed E-state index contributed by atoms with van der Waals surface area (Å²) in [5.41, 5.74) is 1.33. The maximum atomic E-state index is 12.3. The van der Waals surface area contributed by atoms with Crippen LogP contribution in [0, 0.1) is 12.8 Å². The van der Waals surface area contributed by atoms with Crippen LogP contribution in [0.2, 0.25) is 0 Å². The quantitative estimate of drug-likeness (QED) is 0.384. The molecule has 0 saturated heterocycles. The van der Waals surface area contributed by atoms with E-state index in [0.29, 0.717) is 5.56 Å². The Morgan fingerprint density at radius 2 is 1.90 bits per heavy atom. The number of hydrogen-bond donors (Lipinski definition) is 3. The van der Waals surface area contributed by atoms with Gasteiger partial charge in [-0.25, -0.2) is 0 Å². The molecule has 2 N–H and O–H groups in total. The van der Waals surface area contributed by atoms with Gasteiger partial charge in [0.1, 0.15) is 6.04 Å². The minimum absolute atomic E-state index is 0.0722. The molecule has 2 atom stereocenters. The fourth-order valence-corrected chi connectivity index (χ4v) is 2.12. The molecule has 0 aromatic heterocycles. The third-order valence-electron chi connectivity index (χ3n) is 3.29. The molecule has 0 bridgehead atoms. The van der Waals surface area contributed by atoms with Gasteiger partial charge >= 0.3 is 5.97 Å². The van der Waals surface area contributed by atoms with Crippen molar-refractivity contribution < 1.29 is 19.5 Å². The standard InChI is InChI=1S/C15H19NO4S/c1-9-5-3-4-6-11(9)14(18)10(2)13(17)7-16-12(8-21)15(19)20/h3-6,10,12,16,21H,7-8H2,1-2H3,(H,19,20). The van der Waals surface area contributed by atoms with Gasteiger partial charge in [-0.05, 0) is 19.4 Å². The number of carbonyl (C=O) groups is 3. The van der Waals surface area contributed by atoms with E-state index in [4.69, 9.17) is 5.11 Å². The van der Waals surface area contributed by atoms with Crippen LogP contribution in [0.4, 0.5) is 0 Å². The maximum absolute atomic E-state index is 12.3. The first-order valence-electron chi connectivity index (χ1n) is 6.58. The second-order valence-electron chi connectivity index (χ2n) is 4.82. The predicted octanol–water partition coefficient (Wildman–Crippen LogP) is 1.36. The van der Waals surface area contributed by atoms with Gasteiger partial charge in [0.2, 0.25) is 0 Å². The number of ketones is 2. The van der Waals surface area contributed by atoms with E-state index in [2.05, 4.69) is 17.9 Å². The third kappa shape index (κ3) is 4.68. The summed E-state index contributed by atoms with van der Waals surface area (Å²) in [6.45, 7) is 3.18. The Labute approximate surface area is 129 Å². The summed E-state index contributed by atoms with van der Waals surface area (Å²) in [5.74, 6) is -2.40. The summed E-state index contributed by atoms with van der Waals surface area (Å²) in [6, 6.07) is 6.16. The Morgan fingerprint density at radius 3 is 2.43 bits per heavy atom. The largest absolute Gasteiger partial charge is 0.480 e. The molecule has 0 radical (unpaired) electrons. The zero-order chi connectivity index (χ0) is 16.0. The number of rotatable bonds is 8. The molecule has 0 spiro atoms. The highest BCUT2D eigenvalue weighted by molar-refractivity contribution is 7.80. The first-order valence-corrected chi connectivity index (χ1v) is 7.21. The molecule has 6 heteroatoms. The van der Waals surface area contributed by atoms with Crippen LogP contribution >= 0.6 is 12.6 Å². The highest BCUT2D eigenvalue weighted by atomic mass is 32.1. The molecule has 0 fully saturated rings. The zero-order valence-electron chi connectivity index (χ0n) is 12.0. The second kappa shape index (κ2) is 7.95. The minimum Gasteiger partial charge on any atom is -0.480 e. The summed E-state index contributed by atoms with van der Waals surface area (Å²) < 4.78 is 0. The van der Waals surface area contributed by atoms with Gasteiger partial charge in [-0.1, -0.05) is 24.3 Å². The number of thiol groups is 1. The zero-order valence-corrected chi connectivity index (χ0v) is 12.9. The second-order valence-corrected chi connectivity index (χ2v) is 5.19. The lowest BCUT2D eigenvalue weighted by Gasteiger charge is -2.14.